The quantitative estimate of drug-likeness (QED) is 0.682. The average Bonchev–Trinajstić information content (AvgIpc) is 2.74. The molecule has 0 saturated heterocycles. The fraction of sp³-hybridized carbons (Fsp3) is 0.182. The van der Waals surface area contributed by atoms with Gasteiger partial charge in [0.1, 0.15) is 5.82 Å². The van der Waals surface area contributed by atoms with Gasteiger partial charge in [-0.1, -0.05) is 11.6 Å². The Morgan fingerprint density at radius 3 is 2.89 bits per heavy atom. The van der Waals surface area contributed by atoms with E-state index in [1.165, 1.54) is 18.2 Å². The van der Waals surface area contributed by atoms with Gasteiger partial charge in [0, 0.05) is 43.0 Å². The molecular formula is C11H11ClN4O2. The lowest BCUT2D eigenvalue weighted by molar-refractivity contribution is -0.384. The highest BCUT2D eigenvalue weighted by Gasteiger charge is 2.09. The second kappa shape index (κ2) is 5.05. The van der Waals surface area contributed by atoms with E-state index < -0.39 is 4.92 Å². The first-order valence-electron chi connectivity index (χ1n) is 5.22. The van der Waals surface area contributed by atoms with Crippen molar-refractivity contribution in [1.82, 2.24) is 9.78 Å². The number of nitro benzene ring substituents is 1. The Balaban J connectivity index is 2.13. The number of hydrogen-bond donors (Lipinski definition) is 1. The summed E-state index contributed by atoms with van der Waals surface area (Å²) in [5.41, 5.74) is 0.689. The minimum atomic E-state index is -0.444. The number of halogens is 1. The standard InChI is InChI=1S/C11H11ClN4O2/c1-15-5-4-11(14-15)13-7-8-6-9(16(17)18)2-3-10(8)12/h2-6H,7H2,1H3,(H,13,14). The Morgan fingerprint density at radius 1 is 1.50 bits per heavy atom. The van der Waals surface area contributed by atoms with Gasteiger partial charge >= 0.3 is 0 Å². The Hall–Kier alpha value is -2.08. The largest absolute Gasteiger partial charge is 0.364 e. The van der Waals surface area contributed by atoms with Gasteiger partial charge in [-0.05, 0) is 11.6 Å². The molecule has 0 fully saturated rings. The predicted octanol–water partition coefficient (Wildman–Crippen LogP) is 2.59. The lowest BCUT2D eigenvalue weighted by Gasteiger charge is -2.05. The van der Waals surface area contributed by atoms with Gasteiger partial charge in [-0.15, -0.1) is 0 Å². The van der Waals surface area contributed by atoms with Gasteiger partial charge in [-0.3, -0.25) is 14.8 Å². The molecule has 2 aromatic rings. The number of benzene rings is 1. The molecule has 0 saturated carbocycles. The van der Waals surface area contributed by atoms with E-state index in [1.807, 2.05) is 13.1 Å². The number of nitrogens with one attached hydrogen (secondary N) is 1. The number of aryl methyl sites for hydroxylation is 1. The zero-order valence-corrected chi connectivity index (χ0v) is 10.4. The molecule has 0 atom stereocenters. The molecule has 1 aromatic heterocycles. The van der Waals surface area contributed by atoms with Crippen LogP contribution in [0.25, 0.3) is 0 Å². The molecule has 1 N–H and O–H groups in total. The van der Waals surface area contributed by atoms with Crippen LogP contribution in [0.3, 0.4) is 0 Å². The first-order valence-corrected chi connectivity index (χ1v) is 5.60. The fourth-order valence-corrected chi connectivity index (χ4v) is 1.69. The second-order valence-electron chi connectivity index (χ2n) is 3.76. The third kappa shape index (κ3) is 2.78. The van der Waals surface area contributed by atoms with E-state index in [0.717, 1.165) is 0 Å². The number of anilines is 1. The van der Waals surface area contributed by atoms with Crippen LogP contribution in [0.15, 0.2) is 30.5 Å². The molecule has 0 aliphatic rings. The van der Waals surface area contributed by atoms with Gasteiger partial charge in [0.25, 0.3) is 5.69 Å². The minimum Gasteiger partial charge on any atom is -0.364 e. The van der Waals surface area contributed by atoms with Crippen molar-refractivity contribution in [3.8, 4) is 0 Å². The molecule has 94 valence electrons. The molecular weight excluding hydrogens is 256 g/mol. The van der Waals surface area contributed by atoms with Crippen molar-refractivity contribution in [2.45, 2.75) is 6.54 Å². The number of nitrogens with zero attached hydrogens (tertiary/aromatic N) is 3. The van der Waals surface area contributed by atoms with E-state index in [1.54, 1.807) is 10.9 Å². The molecule has 0 aliphatic heterocycles. The van der Waals surface area contributed by atoms with Crippen LogP contribution in [0.2, 0.25) is 5.02 Å². The topological polar surface area (TPSA) is 73.0 Å². The number of hydrogen-bond acceptors (Lipinski definition) is 4. The minimum absolute atomic E-state index is 0.0252. The smallest absolute Gasteiger partial charge is 0.269 e. The zero-order valence-electron chi connectivity index (χ0n) is 9.63. The number of aromatic nitrogens is 2. The lowest BCUT2D eigenvalue weighted by Crippen LogP contribution is -2.02. The third-order valence-corrected chi connectivity index (χ3v) is 2.78. The van der Waals surface area contributed by atoms with Crippen molar-refractivity contribution < 1.29 is 4.92 Å². The first kappa shape index (κ1) is 12.4. The summed E-state index contributed by atoms with van der Waals surface area (Å²) in [5, 5.41) is 18.3. The van der Waals surface area contributed by atoms with Crippen molar-refractivity contribution in [1.29, 1.82) is 0 Å². The van der Waals surface area contributed by atoms with Gasteiger partial charge in [0.15, 0.2) is 0 Å². The summed E-state index contributed by atoms with van der Waals surface area (Å²) in [6.45, 7) is 0.386. The summed E-state index contributed by atoms with van der Waals surface area (Å²) in [6.07, 6.45) is 1.80. The molecule has 1 heterocycles. The predicted molar refractivity (Wildman–Crippen MR) is 68.6 cm³/mol. The zero-order chi connectivity index (χ0) is 13.1. The Bertz CT molecular complexity index is 582. The van der Waals surface area contributed by atoms with Crippen LogP contribution in [0, 0.1) is 10.1 Å². The van der Waals surface area contributed by atoms with Crippen molar-refractivity contribution in [2.75, 3.05) is 5.32 Å². The van der Waals surface area contributed by atoms with Crippen LogP contribution >= 0.6 is 11.6 Å². The van der Waals surface area contributed by atoms with E-state index in [2.05, 4.69) is 10.4 Å². The van der Waals surface area contributed by atoms with Crippen molar-refractivity contribution in [3.63, 3.8) is 0 Å². The van der Waals surface area contributed by atoms with Crippen molar-refractivity contribution in [2.24, 2.45) is 7.05 Å². The van der Waals surface area contributed by atoms with E-state index >= 15 is 0 Å². The SMILES string of the molecule is Cn1ccc(NCc2cc([N+](=O)[O-])ccc2Cl)n1. The van der Waals surface area contributed by atoms with Crippen LogP contribution < -0.4 is 5.32 Å². The summed E-state index contributed by atoms with van der Waals surface area (Å²) in [5.74, 6) is 0.695. The monoisotopic (exact) mass is 266 g/mol. The van der Waals surface area contributed by atoms with Gasteiger partial charge in [-0.2, -0.15) is 5.10 Å². The highest BCUT2D eigenvalue weighted by Crippen LogP contribution is 2.22. The van der Waals surface area contributed by atoms with Gasteiger partial charge < -0.3 is 5.32 Å². The van der Waals surface area contributed by atoms with E-state index in [9.17, 15) is 10.1 Å². The molecule has 2 rings (SSSR count). The first-order chi connectivity index (χ1) is 8.56. The average molecular weight is 267 g/mol. The molecule has 7 heteroatoms. The molecule has 6 nitrogen and oxygen atoms in total. The maximum atomic E-state index is 10.7. The van der Waals surface area contributed by atoms with Gasteiger partial charge in [-0.25, -0.2) is 0 Å². The maximum absolute atomic E-state index is 10.7. The van der Waals surface area contributed by atoms with Crippen molar-refractivity contribution >= 4 is 23.1 Å². The van der Waals surface area contributed by atoms with Crippen LogP contribution in [-0.2, 0) is 13.6 Å². The van der Waals surface area contributed by atoms with E-state index in [-0.39, 0.29) is 5.69 Å². The third-order valence-electron chi connectivity index (χ3n) is 2.41. The van der Waals surface area contributed by atoms with Crippen LogP contribution in [0.1, 0.15) is 5.56 Å². The summed E-state index contributed by atoms with van der Waals surface area (Å²) in [4.78, 5) is 10.2. The van der Waals surface area contributed by atoms with E-state index in [0.29, 0.717) is 22.9 Å². The Kier molecular flexibility index (Phi) is 3.47. The highest BCUT2D eigenvalue weighted by molar-refractivity contribution is 6.31. The molecule has 0 unspecified atom stereocenters. The van der Waals surface area contributed by atoms with Gasteiger partial charge in [0.05, 0.1) is 4.92 Å². The lowest BCUT2D eigenvalue weighted by atomic mass is 10.2. The normalized spacial score (nSPS) is 10.3. The molecule has 0 aliphatic carbocycles. The second-order valence-corrected chi connectivity index (χ2v) is 4.17. The fourth-order valence-electron chi connectivity index (χ4n) is 1.51. The summed E-state index contributed by atoms with van der Waals surface area (Å²) in [6, 6.07) is 6.17. The molecule has 0 amide bonds. The van der Waals surface area contributed by atoms with Gasteiger partial charge in [0.2, 0.25) is 0 Å². The summed E-state index contributed by atoms with van der Waals surface area (Å²) in [7, 11) is 1.81. The number of nitro groups is 1. The molecule has 1 aromatic carbocycles. The van der Waals surface area contributed by atoms with E-state index in [4.69, 9.17) is 11.6 Å². The molecule has 0 spiro atoms. The number of non-ortho nitro benzene ring substituents is 1. The Labute approximate surface area is 108 Å². The Morgan fingerprint density at radius 2 is 2.28 bits per heavy atom. The summed E-state index contributed by atoms with van der Waals surface area (Å²) < 4.78 is 1.66. The summed E-state index contributed by atoms with van der Waals surface area (Å²) >= 11 is 5.98. The van der Waals surface area contributed by atoms with Crippen molar-refractivity contribution in [3.05, 3.63) is 51.2 Å². The highest BCUT2D eigenvalue weighted by atomic mass is 35.5. The molecule has 18 heavy (non-hydrogen) atoms. The number of rotatable bonds is 4. The maximum Gasteiger partial charge on any atom is 0.269 e. The molecule has 0 radical (unpaired) electrons. The van der Waals surface area contributed by atoms with Crippen LogP contribution in [0.5, 0.6) is 0 Å². The van der Waals surface area contributed by atoms with Crippen LogP contribution in [0.4, 0.5) is 11.5 Å². The van der Waals surface area contributed by atoms with Crippen LogP contribution in [-0.4, -0.2) is 14.7 Å². The molecule has 0 bridgehead atoms.